The normalized spacial score (nSPS) is 22.1. The maximum Gasteiger partial charge on any atom is 0.278 e. The molecule has 2 fully saturated rings. The first-order chi connectivity index (χ1) is 12.6. The van der Waals surface area contributed by atoms with Gasteiger partial charge in [0.1, 0.15) is 5.70 Å². The van der Waals surface area contributed by atoms with E-state index in [9.17, 15) is 9.59 Å². The van der Waals surface area contributed by atoms with E-state index < -0.39 is 0 Å². The molecule has 1 aromatic carbocycles. The van der Waals surface area contributed by atoms with Gasteiger partial charge in [-0.15, -0.1) is 0 Å². The fraction of sp³-hybridized carbons (Fsp3) is 0.545. The Morgan fingerprint density at radius 2 is 1.54 bits per heavy atom. The molecule has 4 heteroatoms. The summed E-state index contributed by atoms with van der Waals surface area (Å²) in [5, 5.41) is 0. The summed E-state index contributed by atoms with van der Waals surface area (Å²) in [6.45, 7) is 5.89. The van der Waals surface area contributed by atoms with E-state index in [4.69, 9.17) is 0 Å². The summed E-state index contributed by atoms with van der Waals surface area (Å²) in [4.78, 5) is 30.5. The summed E-state index contributed by atoms with van der Waals surface area (Å²) in [6, 6.07) is 6.20. The summed E-state index contributed by atoms with van der Waals surface area (Å²) in [6.07, 6.45) is 7.52. The molecule has 1 saturated heterocycles. The van der Waals surface area contributed by atoms with Crippen LogP contribution in [-0.2, 0) is 9.59 Å². The molecule has 0 unspecified atom stereocenters. The van der Waals surface area contributed by atoms with Gasteiger partial charge in [0.2, 0.25) is 0 Å². The highest BCUT2D eigenvalue weighted by atomic mass is 16.2. The molecule has 1 saturated carbocycles. The molecule has 1 aromatic rings. The second kappa shape index (κ2) is 6.90. The molecule has 0 radical (unpaired) electrons. The van der Waals surface area contributed by atoms with E-state index in [-0.39, 0.29) is 17.9 Å². The van der Waals surface area contributed by atoms with Crippen molar-refractivity contribution in [2.45, 2.75) is 64.8 Å². The van der Waals surface area contributed by atoms with Gasteiger partial charge in [-0.2, -0.15) is 0 Å². The first kappa shape index (κ1) is 17.3. The van der Waals surface area contributed by atoms with Crippen molar-refractivity contribution in [3.05, 3.63) is 40.6 Å². The van der Waals surface area contributed by atoms with Crippen molar-refractivity contribution in [2.24, 2.45) is 0 Å². The number of amides is 2. The number of hydrogen-bond acceptors (Lipinski definition) is 3. The minimum Gasteiger partial charge on any atom is -0.366 e. The van der Waals surface area contributed by atoms with Gasteiger partial charge in [0.25, 0.3) is 11.8 Å². The molecule has 3 aliphatic rings. The van der Waals surface area contributed by atoms with Crippen LogP contribution in [0.1, 0.15) is 61.6 Å². The number of benzene rings is 1. The molecule has 0 spiro atoms. The Balaban J connectivity index is 1.78. The standard InChI is InChI=1S/C22H28N2O2/c1-15-10-11-17(14-16(15)2)19-20(23-12-6-7-13-23)22(26)24(21(19)25)18-8-4-3-5-9-18/h10-11,14,18H,3-9,12-13H2,1-2H3. The van der Waals surface area contributed by atoms with Crippen LogP contribution in [0, 0.1) is 13.8 Å². The molecule has 2 aliphatic heterocycles. The zero-order valence-corrected chi connectivity index (χ0v) is 15.9. The molecule has 2 heterocycles. The van der Waals surface area contributed by atoms with E-state index in [1.165, 1.54) is 12.0 Å². The van der Waals surface area contributed by atoms with Crippen LogP contribution in [0.4, 0.5) is 0 Å². The van der Waals surface area contributed by atoms with Crippen LogP contribution in [0.3, 0.4) is 0 Å². The van der Waals surface area contributed by atoms with E-state index in [0.717, 1.165) is 62.7 Å². The minimum absolute atomic E-state index is 0.0583. The third-order valence-electron chi connectivity index (χ3n) is 6.25. The zero-order chi connectivity index (χ0) is 18.3. The van der Waals surface area contributed by atoms with Crippen LogP contribution in [0.25, 0.3) is 5.57 Å². The Kier molecular flexibility index (Phi) is 4.60. The molecule has 26 heavy (non-hydrogen) atoms. The zero-order valence-electron chi connectivity index (χ0n) is 15.9. The van der Waals surface area contributed by atoms with Crippen LogP contribution in [0.5, 0.6) is 0 Å². The van der Waals surface area contributed by atoms with Crippen molar-refractivity contribution in [3.8, 4) is 0 Å². The van der Waals surface area contributed by atoms with Gasteiger partial charge in [0.05, 0.1) is 5.57 Å². The first-order valence-corrected chi connectivity index (χ1v) is 10.0. The van der Waals surface area contributed by atoms with Crippen molar-refractivity contribution < 1.29 is 9.59 Å². The maximum absolute atomic E-state index is 13.4. The Morgan fingerprint density at radius 1 is 0.846 bits per heavy atom. The average Bonchev–Trinajstić information content (AvgIpc) is 3.24. The number of hydrogen-bond donors (Lipinski definition) is 0. The van der Waals surface area contributed by atoms with Crippen LogP contribution < -0.4 is 0 Å². The fourth-order valence-electron chi connectivity index (χ4n) is 4.60. The summed E-state index contributed by atoms with van der Waals surface area (Å²) in [5.41, 5.74) is 4.55. The predicted molar refractivity (Wildman–Crippen MR) is 102 cm³/mol. The molecule has 2 amide bonds. The highest BCUT2D eigenvalue weighted by Gasteiger charge is 2.45. The topological polar surface area (TPSA) is 40.6 Å². The van der Waals surface area contributed by atoms with E-state index in [2.05, 4.69) is 30.9 Å². The third-order valence-corrected chi connectivity index (χ3v) is 6.25. The predicted octanol–water partition coefficient (Wildman–Crippen LogP) is 3.81. The quantitative estimate of drug-likeness (QED) is 0.777. The van der Waals surface area contributed by atoms with E-state index in [0.29, 0.717) is 11.3 Å². The number of rotatable bonds is 3. The molecule has 1 aliphatic carbocycles. The van der Waals surface area contributed by atoms with Gasteiger partial charge in [0.15, 0.2) is 0 Å². The minimum atomic E-state index is -0.0768. The summed E-state index contributed by atoms with van der Waals surface area (Å²) in [7, 11) is 0. The summed E-state index contributed by atoms with van der Waals surface area (Å²) in [5.74, 6) is -0.135. The van der Waals surface area contributed by atoms with Crippen LogP contribution in [0.15, 0.2) is 23.9 Å². The van der Waals surface area contributed by atoms with Gasteiger partial charge in [-0.25, -0.2) is 0 Å². The van der Waals surface area contributed by atoms with E-state index >= 15 is 0 Å². The molecule has 0 aromatic heterocycles. The molecular weight excluding hydrogens is 324 g/mol. The lowest BCUT2D eigenvalue weighted by atomic mass is 9.94. The lowest BCUT2D eigenvalue weighted by Crippen LogP contribution is -2.43. The largest absolute Gasteiger partial charge is 0.366 e. The monoisotopic (exact) mass is 352 g/mol. The van der Waals surface area contributed by atoms with Crippen molar-refractivity contribution in [2.75, 3.05) is 13.1 Å². The van der Waals surface area contributed by atoms with Gasteiger partial charge >= 0.3 is 0 Å². The second-order valence-corrected chi connectivity index (χ2v) is 7.99. The van der Waals surface area contributed by atoms with Gasteiger partial charge in [-0.3, -0.25) is 14.5 Å². The molecular formula is C22H28N2O2. The third kappa shape index (κ3) is 2.85. The SMILES string of the molecule is Cc1ccc(C2=C(N3CCCC3)C(=O)N(C3CCCCC3)C2=O)cc1C. The molecule has 4 nitrogen and oxygen atoms in total. The lowest BCUT2D eigenvalue weighted by Gasteiger charge is -2.30. The molecule has 138 valence electrons. The number of nitrogens with zero attached hydrogens (tertiary/aromatic N) is 2. The van der Waals surface area contributed by atoms with E-state index in [1.54, 1.807) is 4.90 Å². The van der Waals surface area contributed by atoms with Crippen LogP contribution in [-0.4, -0.2) is 40.7 Å². The summed E-state index contributed by atoms with van der Waals surface area (Å²) >= 11 is 0. The Morgan fingerprint density at radius 3 is 2.19 bits per heavy atom. The highest BCUT2D eigenvalue weighted by molar-refractivity contribution is 6.35. The number of carbonyl (C=O) groups excluding carboxylic acids is 2. The van der Waals surface area contributed by atoms with Gasteiger partial charge in [0, 0.05) is 19.1 Å². The van der Waals surface area contributed by atoms with Crippen LogP contribution >= 0.6 is 0 Å². The van der Waals surface area contributed by atoms with Gasteiger partial charge < -0.3 is 4.90 Å². The number of carbonyl (C=O) groups is 2. The second-order valence-electron chi connectivity index (χ2n) is 7.99. The van der Waals surface area contributed by atoms with Crippen LogP contribution in [0.2, 0.25) is 0 Å². The molecule has 0 bridgehead atoms. The Hall–Kier alpha value is -2.10. The highest BCUT2D eigenvalue weighted by Crippen LogP contribution is 2.37. The van der Waals surface area contributed by atoms with Crippen molar-refractivity contribution >= 4 is 17.4 Å². The van der Waals surface area contributed by atoms with Crippen molar-refractivity contribution in [3.63, 3.8) is 0 Å². The van der Waals surface area contributed by atoms with Gasteiger partial charge in [-0.05, 0) is 56.2 Å². The van der Waals surface area contributed by atoms with Gasteiger partial charge in [-0.1, -0.05) is 37.5 Å². The maximum atomic E-state index is 13.4. The Labute approximate surface area is 155 Å². The van der Waals surface area contributed by atoms with Crippen molar-refractivity contribution in [1.29, 1.82) is 0 Å². The first-order valence-electron chi connectivity index (χ1n) is 10.0. The lowest BCUT2D eigenvalue weighted by molar-refractivity contribution is -0.140. The molecule has 4 rings (SSSR count). The fourth-order valence-corrected chi connectivity index (χ4v) is 4.60. The Bertz CT molecular complexity index is 768. The molecule has 0 atom stereocenters. The smallest absolute Gasteiger partial charge is 0.278 e. The number of aryl methyl sites for hydroxylation is 2. The number of imide groups is 1. The average molecular weight is 352 g/mol. The van der Waals surface area contributed by atoms with Crippen molar-refractivity contribution in [1.82, 2.24) is 9.80 Å². The number of likely N-dealkylation sites (tertiary alicyclic amines) is 1. The van der Waals surface area contributed by atoms with E-state index in [1.807, 2.05) is 6.07 Å². The molecule has 0 N–H and O–H groups in total. The summed E-state index contributed by atoms with van der Waals surface area (Å²) < 4.78 is 0.